The third kappa shape index (κ3) is 4.37. The molecule has 0 atom stereocenters. The Morgan fingerprint density at radius 1 is 1.29 bits per heavy atom. The first kappa shape index (κ1) is 20.8. The Hall–Kier alpha value is -3.43. The zero-order valence-corrected chi connectivity index (χ0v) is 18.3. The number of halogens is 1. The van der Waals surface area contributed by atoms with Gasteiger partial charge in [0.05, 0.1) is 30.6 Å². The van der Waals surface area contributed by atoms with Crippen molar-refractivity contribution < 1.29 is 14.3 Å². The molecule has 2 N–H and O–H groups in total. The molecule has 0 saturated carbocycles. The summed E-state index contributed by atoms with van der Waals surface area (Å²) in [6.07, 6.45) is 1.65. The summed E-state index contributed by atoms with van der Waals surface area (Å²) in [5.41, 5.74) is 3.52. The van der Waals surface area contributed by atoms with Gasteiger partial charge in [-0.1, -0.05) is 41.9 Å². The van der Waals surface area contributed by atoms with Crippen molar-refractivity contribution in [3.8, 4) is 11.3 Å². The molecule has 3 heterocycles. The van der Waals surface area contributed by atoms with Crippen molar-refractivity contribution in [1.82, 2.24) is 19.7 Å². The lowest BCUT2D eigenvalue weighted by molar-refractivity contribution is 0.0594. The number of aromatic nitrogens is 4. The van der Waals surface area contributed by atoms with Crippen LogP contribution in [-0.4, -0.2) is 38.7 Å². The van der Waals surface area contributed by atoms with Gasteiger partial charge in [-0.3, -0.25) is 10.1 Å². The quantitative estimate of drug-likeness (QED) is 0.420. The summed E-state index contributed by atoms with van der Waals surface area (Å²) in [6, 6.07) is 11.4. The molecule has 0 spiro atoms. The number of amides is 1. The van der Waals surface area contributed by atoms with Crippen molar-refractivity contribution in [2.24, 2.45) is 0 Å². The first-order chi connectivity index (χ1) is 15.0. The van der Waals surface area contributed by atoms with Crippen LogP contribution in [0.25, 0.3) is 11.3 Å². The Balaban J connectivity index is 1.50. The van der Waals surface area contributed by atoms with E-state index in [1.807, 2.05) is 30.3 Å². The third-order valence-electron chi connectivity index (χ3n) is 4.58. The molecular weight excluding hydrogens is 438 g/mol. The lowest BCUT2D eigenvalue weighted by Gasteiger charge is -2.04. The zero-order valence-electron chi connectivity index (χ0n) is 16.7. The van der Waals surface area contributed by atoms with Crippen LogP contribution in [0.2, 0.25) is 5.15 Å². The molecule has 31 heavy (non-hydrogen) atoms. The van der Waals surface area contributed by atoms with E-state index in [-0.39, 0.29) is 11.1 Å². The molecule has 0 radical (unpaired) electrons. The van der Waals surface area contributed by atoms with Gasteiger partial charge >= 0.3 is 5.97 Å². The number of nitrogens with one attached hydrogen (secondary N) is 2. The van der Waals surface area contributed by atoms with E-state index in [2.05, 4.69) is 25.1 Å². The average Bonchev–Trinajstić information content (AvgIpc) is 3.48. The number of H-pyrrole nitrogens is 1. The zero-order chi connectivity index (χ0) is 22.0. The van der Waals surface area contributed by atoms with E-state index in [1.54, 1.807) is 29.2 Å². The summed E-state index contributed by atoms with van der Waals surface area (Å²) in [7, 11) is 1.31. The number of hydrogen-bond acceptors (Lipinski definition) is 6. The van der Waals surface area contributed by atoms with Crippen LogP contribution in [0.5, 0.6) is 0 Å². The van der Waals surface area contributed by atoms with E-state index in [9.17, 15) is 9.59 Å². The molecule has 158 valence electrons. The lowest BCUT2D eigenvalue weighted by Crippen LogP contribution is -2.13. The number of rotatable bonds is 6. The number of aryl methyl sites for hydroxylation is 1. The predicted octanol–water partition coefficient (Wildman–Crippen LogP) is 4.38. The summed E-state index contributed by atoms with van der Waals surface area (Å²) in [4.78, 5) is 31.7. The molecule has 0 aliphatic heterocycles. The number of hydrogen-bond donors (Lipinski definition) is 2. The van der Waals surface area contributed by atoms with Crippen LogP contribution >= 0.6 is 22.9 Å². The minimum absolute atomic E-state index is 0.268. The highest BCUT2D eigenvalue weighted by molar-refractivity contribution is 7.14. The number of benzene rings is 1. The Bertz CT molecular complexity index is 1250. The highest BCUT2D eigenvalue weighted by atomic mass is 35.5. The second kappa shape index (κ2) is 8.75. The first-order valence-corrected chi connectivity index (χ1v) is 10.5. The standard InChI is InChI=1S/C21H18ClN5O3S/c1-12-17(18(22)27(26-12)10-13-6-4-3-5-7-13)19(28)25-21-24-16(11-31-21)14-8-15(23-9-14)20(29)30-2/h3-9,11,23H,10H2,1-2H3,(H,24,25,28). The number of methoxy groups -OCH3 is 1. The van der Waals surface area contributed by atoms with Gasteiger partial charge in [0.15, 0.2) is 5.13 Å². The van der Waals surface area contributed by atoms with Gasteiger partial charge in [0.25, 0.3) is 5.91 Å². The summed E-state index contributed by atoms with van der Waals surface area (Å²) in [6.45, 7) is 2.20. The summed E-state index contributed by atoms with van der Waals surface area (Å²) in [5.74, 6) is -0.848. The molecule has 0 unspecified atom stereocenters. The molecule has 1 aromatic carbocycles. The van der Waals surface area contributed by atoms with Crippen molar-refractivity contribution in [2.75, 3.05) is 12.4 Å². The molecule has 4 rings (SSSR count). The Morgan fingerprint density at radius 2 is 2.06 bits per heavy atom. The highest BCUT2D eigenvalue weighted by Gasteiger charge is 2.22. The summed E-state index contributed by atoms with van der Waals surface area (Å²) >= 11 is 7.73. The maximum atomic E-state index is 12.8. The van der Waals surface area contributed by atoms with E-state index in [0.717, 1.165) is 5.56 Å². The molecule has 1 amide bonds. The van der Waals surface area contributed by atoms with Crippen LogP contribution in [-0.2, 0) is 11.3 Å². The van der Waals surface area contributed by atoms with Crippen molar-refractivity contribution in [2.45, 2.75) is 13.5 Å². The van der Waals surface area contributed by atoms with Gasteiger partial charge in [-0.25, -0.2) is 14.5 Å². The summed E-state index contributed by atoms with van der Waals surface area (Å²) in [5, 5.41) is 9.65. The highest BCUT2D eigenvalue weighted by Crippen LogP contribution is 2.27. The Labute approximate surface area is 186 Å². The predicted molar refractivity (Wildman–Crippen MR) is 119 cm³/mol. The fourth-order valence-corrected chi connectivity index (χ4v) is 4.10. The van der Waals surface area contributed by atoms with Gasteiger partial charge in [0.2, 0.25) is 0 Å². The van der Waals surface area contributed by atoms with Gasteiger partial charge < -0.3 is 9.72 Å². The molecule has 0 aliphatic rings. The molecule has 0 bridgehead atoms. The van der Waals surface area contributed by atoms with Gasteiger partial charge in [-0.15, -0.1) is 11.3 Å². The smallest absolute Gasteiger partial charge is 0.354 e. The van der Waals surface area contributed by atoms with Gasteiger partial charge in [-0.2, -0.15) is 5.10 Å². The minimum atomic E-state index is -0.465. The fraction of sp³-hybridized carbons (Fsp3) is 0.143. The maximum absolute atomic E-state index is 12.8. The van der Waals surface area contributed by atoms with Crippen molar-refractivity contribution in [3.63, 3.8) is 0 Å². The van der Waals surface area contributed by atoms with E-state index < -0.39 is 5.97 Å². The maximum Gasteiger partial charge on any atom is 0.354 e. The molecule has 0 saturated heterocycles. The molecular formula is C21H18ClN5O3S. The van der Waals surface area contributed by atoms with Crippen LogP contribution in [0.3, 0.4) is 0 Å². The van der Waals surface area contributed by atoms with Crippen molar-refractivity contribution >= 4 is 39.9 Å². The summed E-state index contributed by atoms with van der Waals surface area (Å²) < 4.78 is 6.29. The normalized spacial score (nSPS) is 10.8. The second-order valence-electron chi connectivity index (χ2n) is 6.68. The number of aromatic amines is 1. The van der Waals surface area contributed by atoms with Crippen molar-refractivity contribution in [3.05, 3.63) is 75.6 Å². The molecule has 0 fully saturated rings. The van der Waals surface area contributed by atoms with Gasteiger partial charge in [-0.05, 0) is 18.6 Å². The Morgan fingerprint density at radius 3 is 2.81 bits per heavy atom. The van der Waals surface area contributed by atoms with E-state index in [4.69, 9.17) is 11.6 Å². The number of carbonyl (C=O) groups is 2. The molecule has 8 nitrogen and oxygen atoms in total. The van der Waals surface area contributed by atoms with Crippen LogP contribution < -0.4 is 5.32 Å². The van der Waals surface area contributed by atoms with Crippen LogP contribution in [0, 0.1) is 6.92 Å². The fourth-order valence-electron chi connectivity index (χ4n) is 3.07. The van der Waals surface area contributed by atoms with Gasteiger partial charge in [0, 0.05) is 17.1 Å². The van der Waals surface area contributed by atoms with Crippen LogP contribution in [0.4, 0.5) is 5.13 Å². The molecule has 0 aliphatic carbocycles. The van der Waals surface area contributed by atoms with Crippen LogP contribution in [0.1, 0.15) is 32.1 Å². The van der Waals surface area contributed by atoms with E-state index in [0.29, 0.717) is 39.9 Å². The van der Waals surface area contributed by atoms with E-state index in [1.165, 1.54) is 18.4 Å². The third-order valence-corrected chi connectivity index (χ3v) is 5.72. The molecule has 3 aromatic heterocycles. The monoisotopic (exact) mass is 455 g/mol. The second-order valence-corrected chi connectivity index (χ2v) is 7.90. The SMILES string of the molecule is COC(=O)c1cc(-c2csc(NC(=O)c3c(C)nn(Cc4ccccc4)c3Cl)n2)c[nH]1. The lowest BCUT2D eigenvalue weighted by atomic mass is 10.2. The van der Waals surface area contributed by atoms with E-state index >= 15 is 0 Å². The molecule has 4 aromatic rings. The largest absolute Gasteiger partial charge is 0.464 e. The number of ether oxygens (including phenoxy) is 1. The number of anilines is 1. The number of nitrogens with zero attached hydrogens (tertiary/aromatic N) is 3. The van der Waals surface area contributed by atoms with Crippen LogP contribution in [0.15, 0.2) is 48.0 Å². The topological polar surface area (TPSA) is 102 Å². The number of esters is 1. The minimum Gasteiger partial charge on any atom is -0.464 e. The molecule has 10 heteroatoms. The number of thiazole rings is 1. The first-order valence-electron chi connectivity index (χ1n) is 9.27. The number of carbonyl (C=O) groups excluding carboxylic acids is 2. The van der Waals surface area contributed by atoms with Crippen molar-refractivity contribution in [1.29, 1.82) is 0 Å². The Kier molecular flexibility index (Phi) is 5.88. The average molecular weight is 456 g/mol. The van der Waals surface area contributed by atoms with Gasteiger partial charge in [0.1, 0.15) is 10.8 Å².